The second kappa shape index (κ2) is 12.9. The molecule has 0 aliphatic heterocycles. The van der Waals surface area contributed by atoms with E-state index >= 15 is 0 Å². The van der Waals surface area contributed by atoms with Crippen molar-refractivity contribution in [1.29, 1.82) is 0 Å². The lowest BCUT2D eigenvalue weighted by molar-refractivity contribution is -0.384. The molecule has 15 nitrogen and oxygen atoms in total. The quantitative estimate of drug-likeness (QED) is 0.146. The molecule has 2 rings (SSSR count). The highest BCUT2D eigenvalue weighted by molar-refractivity contribution is 6.18. The predicted molar refractivity (Wildman–Crippen MR) is 131 cm³/mol. The molecule has 2 N–H and O–H groups in total. The van der Waals surface area contributed by atoms with Gasteiger partial charge >= 0.3 is 18.0 Å². The molecule has 0 aliphatic rings. The third-order valence-corrected chi connectivity index (χ3v) is 4.64. The van der Waals surface area contributed by atoms with Crippen LogP contribution < -0.4 is 10.6 Å². The van der Waals surface area contributed by atoms with Crippen molar-refractivity contribution in [2.45, 2.75) is 38.8 Å². The Hall–Kier alpha value is -4.82. The molecule has 0 radical (unpaired) electrons. The molecule has 0 aliphatic carbocycles. The number of benzene rings is 1. The van der Waals surface area contributed by atoms with E-state index in [-0.39, 0.29) is 23.5 Å². The van der Waals surface area contributed by atoms with Gasteiger partial charge in [0, 0.05) is 18.6 Å². The Labute approximate surface area is 217 Å². The largest absolute Gasteiger partial charge is 0.468 e. The molecule has 15 heteroatoms. The number of nitro benzene ring substituents is 1. The van der Waals surface area contributed by atoms with Crippen molar-refractivity contribution < 1.29 is 38.3 Å². The number of nitrogens with one attached hydrogen (secondary N) is 2. The van der Waals surface area contributed by atoms with E-state index in [1.807, 2.05) is 0 Å². The number of aromatic nitrogens is 3. The van der Waals surface area contributed by atoms with Crippen molar-refractivity contribution in [3.05, 3.63) is 51.8 Å². The summed E-state index contributed by atoms with van der Waals surface area (Å²) in [5.41, 5.74) is -0.436. The van der Waals surface area contributed by atoms with Crippen LogP contribution in [0.15, 0.2) is 30.5 Å². The molecule has 0 fully saturated rings. The van der Waals surface area contributed by atoms with Crippen LogP contribution in [0.5, 0.6) is 0 Å². The SMILES string of the molecule is COC(=O)CNC(=O)/C(=C/c1ccc([N+](=O)[O-])cc1)n1cc(C[C@H](NC(=O)OC(C)(C)C)C(=O)OC)nn1. The Morgan fingerprint density at radius 1 is 1.13 bits per heavy atom. The first-order valence-corrected chi connectivity index (χ1v) is 11.1. The summed E-state index contributed by atoms with van der Waals surface area (Å²) < 4.78 is 15.5. The minimum atomic E-state index is -1.17. The highest BCUT2D eigenvalue weighted by Crippen LogP contribution is 2.17. The van der Waals surface area contributed by atoms with Gasteiger partial charge < -0.3 is 24.8 Å². The number of carbonyl (C=O) groups excluding carboxylic acids is 4. The summed E-state index contributed by atoms with van der Waals surface area (Å²) >= 11 is 0. The van der Waals surface area contributed by atoms with Gasteiger partial charge in [0.1, 0.15) is 23.9 Å². The number of methoxy groups -OCH3 is 2. The Morgan fingerprint density at radius 3 is 2.34 bits per heavy atom. The molecule has 0 saturated heterocycles. The second-order valence-electron chi connectivity index (χ2n) is 8.72. The van der Waals surface area contributed by atoms with Gasteiger partial charge in [0.15, 0.2) is 0 Å². The zero-order valence-electron chi connectivity index (χ0n) is 21.4. The van der Waals surface area contributed by atoms with Crippen molar-refractivity contribution in [1.82, 2.24) is 25.6 Å². The molecule has 0 bridgehead atoms. The van der Waals surface area contributed by atoms with Crippen LogP contribution in [-0.2, 0) is 35.0 Å². The molecule has 1 heterocycles. The fraction of sp³-hybridized carbons (Fsp3) is 0.391. The lowest BCUT2D eigenvalue weighted by Crippen LogP contribution is -2.45. The van der Waals surface area contributed by atoms with Crippen molar-refractivity contribution in [3.63, 3.8) is 0 Å². The molecule has 2 amide bonds. The lowest BCUT2D eigenvalue weighted by Gasteiger charge is -2.22. The Bertz CT molecular complexity index is 1210. The summed E-state index contributed by atoms with van der Waals surface area (Å²) in [6, 6.07) is 4.18. The van der Waals surface area contributed by atoms with Crippen LogP contribution in [0.2, 0.25) is 0 Å². The average molecular weight is 533 g/mol. The molecule has 0 unspecified atom stereocenters. The first-order valence-electron chi connectivity index (χ1n) is 11.1. The van der Waals surface area contributed by atoms with Gasteiger partial charge in [-0.3, -0.25) is 19.7 Å². The molecule has 1 atom stereocenters. The van der Waals surface area contributed by atoms with Gasteiger partial charge in [0.25, 0.3) is 11.6 Å². The molecule has 1 aromatic carbocycles. The van der Waals surface area contributed by atoms with E-state index in [4.69, 9.17) is 9.47 Å². The standard InChI is InChI=1S/C23H28N6O9/c1-23(2,3)38-22(33)25-17(21(32)37-5)11-15-13-28(27-26-15)18(20(31)24-12-19(30)36-4)10-14-6-8-16(9-7-14)29(34)35/h6-10,13,17H,11-12H2,1-5H3,(H,24,31)(H,25,33)/b18-10-/t17-/m0/s1. The van der Waals surface area contributed by atoms with E-state index in [0.29, 0.717) is 5.56 Å². The zero-order chi connectivity index (χ0) is 28.5. The van der Waals surface area contributed by atoms with Gasteiger partial charge in [-0.25, -0.2) is 14.3 Å². The minimum absolute atomic E-state index is 0.101. The van der Waals surface area contributed by atoms with Crippen molar-refractivity contribution >= 4 is 41.4 Å². The Balaban J connectivity index is 2.34. The van der Waals surface area contributed by atoms with E-state index in [1.54, 1.807) is 20.8 Å². The van der Waals surface area contributed by atoms with Gasteiger partial charge in [-0.1, -0.05) is 5.21 Å². The Kier molecular flexibility index (Phi) is 10.0. The number of hydrogen-bond acceptors (Lipinski definition) is 11. The first-order chi connectivity index (χ1) is 17.8. The maximum atomic E-state index is 12.9. The average Bonchev–Trinajstić information content (AvgIpc) is 3.31. The normalized spacial score (nSPS) is 12.2. The number of carbonyl (C=O) groups is 4. The second-order valence-corrected chi connectivity index (χ2v) is 8.72. The van der Waals surface area contributed by atoms with Crippen molar-refractivity contribution in [2.75, 3.05) is 20.8 Å². The number of esters is 2. The molecular weight excluding hydrogens is 504 g/mol. The summed E-state index contributed by atoms with van der Waals surface area (Å²) in [5, 5.41) is 23.6. The zero-order valence-corrected chi connectivity index (χ0v) is 21.4. The van der Waals surface area contributed by atoms with Crippen LogP contribution in [-0.4, -0.2) is 76.3 Å². The minimum Gasteiger partial charge on any atom is -0.468 e. The third-order valence-electron chi connectivity index (χ3n) is 4.64. The molecular formula is C23H28N6O9. The van der Waals surface area contributed by atoms with Gasteiger partial charge in [0.05, 0.1) is 31.0 Å². The van der Waals surface area contributed by atoms with Crippen LogP contribution in [0.25, 0.3) is 11.8 Å². The lowest BCUT2D eigenvalue weighted by atomic mass is 10.1. The summed E-state index contributed by atoms with van der Waals surface area (Å²) in [6.07, 6.45) is 1.70. The summed E-state index contributed by atoms with van der Waals surface area (Å²) in [6.45, 7) is 4.55. The van der Waals surface area contributed by atoms with Gasteiger partial charge in [-0.05, 0) is 44.5 Å². The number of amides is 2. The first kappa shape index (κ1) is 29.4. The van der Waals surface area contributed by atoms with E-state index in [0.717, 1.165) is 18.9 Å². The topological polar surface area (TPSA) is 194 Å². The van der Waals surface area contributed by atoms with E-state index in [9.17, 15) is 29.3 Å². The number of alkyl carbamates (subject to hydrolysis) is 1. The van der Waals surface area contributed by atoms with Crippen LogP contribution in [0.3, 0.4) is 0 Å². The van der Waals surface area contributed by atoms with Gasteiger partial charge in [-0.15, -0.1) is 5.10 Å². The van der Waals surface area contributed by atoms with E-state index in [2.05, 4.69) is 25.7 Å². The summed E-state index contributed by atoms with van der Waals surface area (Å²) in [7, 11) is 2.31. The van der Waals surface area contributed by atoms with Crippen LogP contribution >= 0.6 is 0 Å². The number of nitro groups is 1. The number of non-ortho nitro benzene ring substituents is 1. The number of hydrogen-bond donors (Lipinski definition) is 2. The molecule has 204 valence electrons. The Morgan fingerprint density at radius 2 is 1.79 bits per heavy atom. The number of ether oxygens (including phenoxy) is 3. The van der Waals surface area contributed by atoms with Crippen molar-refractivity contribution in [3.8, 4) is 0 Å². The smallest absolute Gasteiger partial charge is 0.408 e. The molecule has 0 saturated carbocycles. The number of rotatable bonds is 10. The van der Waals surface area contributed by atoms with Gasteiger partial charge in [0.2, 0.25) is 0 Å². The van der Waals surface area contributed by atoms with E-state index in [1.165, 1.54) is 36.5 Å². The fourth-order valence-corrected chi connectivity index (χ4v) is 2.91. The van der Waals surface area contributed by atoms with Crippen LogP contribution in [0.4, 0.5) is 10.5 Å². The maximum Gasteiger partial charge on any atom is 0.408 e. The van der Waals surface area contributed by atoms with Gasteiger partial charge in [-0.2, -0.15) is 0 Å². The number of nitrogens with zero attached hydrogens (tertiary/aromatic N) is 4. The highest BCUT2D eigenvalue weighted by atomic mass is 16.6. The van der Waals surface area contributed by atoms with E-state index < -0.39 is 47.0 Å². The summed E-state index contributed by atoms with van der Waals surface area (Å²) in [4.78, 5) is 59.1. The molecule has 0 spiro atoms. The molecule has 2 aromatic rings. The summed E-state index contributed by atoms with van der Waals surface area (Å²) in [5.74, 6) is -2.19. The van der Waals surface area contributed by atoms with Crippen LogP contribution in [0, 0.1) is 10.1 Å². The van der Waals surface area contributed by atoms with Crippen LogP contribution in [0.1, 0.15) is 32.0 Å². The highest BCUT2D eigenvalue weighted by Gasteiger charge is 2.27. The predicted octanol–water partition coefficient (Wildman–Crippen LogP) is 1.08. The third kappa shape index (κ3) is 9.00. The molecule has 38 heavy (non-hydrogen) atoms. The fourth-order valence-electron chi connectivity index (χ4n) is 2.91. The maximum absolute atomic E-state index is 12.9. The van der Waals surface area contributed by atoms with Crippen molar-refractivity contribution in [2.24, 2.45) is 0 Å². The molecule has 1 aromatic heterocycles. The monoisotopic (exact) mass is 532 g/mol.